The van der Waals surface area contributed by atoms with Gasteiger partial charge in [-0.25, -0.2) is 4.98 Å². The van der Waals surface area contributed by atoms with Crippen LogP contribution >= 0.6 is 0 Å². The van der Waals surface area contributed by atoms with Crippen molar-refractivity contribution in [3.8, 4) is 0 Å². The average molecular weight is 265 g/mol. The molecular weight excluding hydrogens is 250 g/mol. The third-order valence-electron chi connectivity index (χ3n) is 3.84. The Balaban J connectivity index is 1.75. The maximum absolute atomic E-state index is 10.6. The van der Waals surface area contributed by atoms with Crippen molar-refractivity contribution in [2.45, 2.75) is 25.0 Å². The molecule has 0 radical (unpaired) electrons. The van der Waals surface area contributed by atoms with Gasteiger partial charge in [0.05, 0.1) is 23.7 Å². The highest BCUT2D eigenvalue weighted by Crippen LogP contribution is 2.37. The van der Waals surface area contributed by atoms with E-state index in [1.165, 1.54) is 12.8 Å². The number of hydrogen-bond donors (Lipinski definition) is 1. The molecule has 1 aliphatic rings. The van der Waals surface area contributed by atoms with Gasteiger partial charge in [0.15, 0.2) is 0 Å². The van der Waals surface area contributed by atoms with E-state index in [0.717, 1.165) is 22.2 Å². The Bertz CT molecular complexity index is 761. The van der Waals surface area contributed by atoms with Gasteiger partial charge in [0.1, 0.15) is 6.10 Å². The Labute approximate surface area is 116 Å². The summed E-state index contributed by atoms with van der Waals surface area (Å²) in [6, 6.07) is 10.4. The molecule has 1 unspecified atom stereocenters. The molecule has 2 heterocycles. The van der Waals surface area contributed by atoms with Gasteiger partial charge in [0.25, 0.3) is 0 Å². The fraction of sp³-hybridized carbons (Fsp3) is 0.250. The van der Waals surface area contributed by atoms with Crippen LogP contribution in [0.25, 0.3) is 10.9 Å². The minimum atomic E-state index is -0.671. The summed E-state index contributed by atoms with van der Waals surface area (Å²) in [7, 11) is 0. The smallest absolute Gasteiger partial charge is 0.122 e. The van der Waals surface area contributed by atoms with Crippen LogP contribution in [0.3, 0.4) is 0 Å². The van der Waals surface area contributed by atoms with Crippen LogP contribution in [0.4, 0.5) is 0 Å². The van der Waals surface area contributed by atoms with Crippen LogP contribution in [0.1, 0.15) is 36.2 Å². The Morgan fingerprint density at radius 1 is 1.20 bits per heavy atom. The molecule has 2 aromatic heterocycles. The number of aliphatic hydroxyl groups is 1. The third kappa shape index (κ3) is 1.89. The molecule has 0 spiro atoms. The first kappa shape index (κ1) is 11.6. The van der Waals surface area contributed by atoms with Crippen molar-refractivity contribution in [2.24, 2.45) is 0 Å². The highest BCUT2D eigenvalue weighted by atomic mass is 16.3. The summed E-state index contributed by atoms with van der Waals surface area (Å²) >= 11 is 0. The largest absolute Gasteiger partial charge is 0.382 e. The predicted molar refractivity (Wildman–Crippen MR) is 76.3 cm³/mol. The molecule has 0 bridgehead atoms. The first-order valence-corrected chi connectivity index (χ1v) is 6.87. The number of benzene rings is 1. The first-order valence-electron chi connectivity index (χ1n) is 6.87. The normalized spacial score (nSPS) is 16.4. The molecule has 100 valence electrons. The van der Waals surface area contributed by atoms with Crippen LogP contribution in [0.2, 0.25) is 0 Å². The van der Waals surface area contributed by atoms with Gasteiger partial charge >= 0.3 is 0 Å². The molecule has 1 atom stereocenters. The molecule has 1 N–H and O–H groups in total. The van der Waals surface area contributed by atoms with Gasteiger partial charge in [-0.2, -0.15) is 0 Å². The third-order valence-corrected chi connectivity index (χ3v) is 3.84. The number of pyridine rings is 1. The monoisotopic (exact) mass is 265 g/mol. The van der Waals surface area contributed by atoms with Crippen molar-refractivity contribution in [3.05, 3.63) is 60.3 Å². The van der Waals surface area contributed by atoms with Gasteiger partial charge in [-0.3, -0.25) is 4.98 Å². The second-order valence-electron chi connectivity index (χ2n) is 5.32. The van der Waals surface area contributed by atoms with Crippen LogP contribution in [0, 0.1) is 0 Å². The second-order valence-corrected chi connectivity index (χ2v) is 5.32. The molecule has 1 aromatic carbocycles. The summed E-state index contributed by atoms with van der Waals surface area (Å²) in [6.07, 6.45) is 6.98. The molecule has 0 saturated heterocycles. The van der Waals surface area contributed by atoms with Crippen LogP contribution in [0.5, 0.6) is 0 Å². The zero-order valence-corrected chi connectivity index (χ0v) is 11.0. The molecule has 1 saturated carbocycles. The summed E-state index contributed by atoms with van der Waals surface area (Å²) in [5.41, 5.74) is 2.61. The molecule has 3 aromatic rings. The number of aromatic nitrogens is 3. The van der Waals surface area contributed by atoms with Gasteiger partial charge in [0, 0.05) is 23.2 Å². The van der Waals surface area contributed by atoms with Crippen molar-refractivity contribution in [1.82, 2.24) is 14.5 Å². The molecule has 4 rings (SSSR count). The van der Waals surface area contributed by atoms with Gasteiger partial charge in [0.2, 0.25) is 0 Å². The number of aliphatic hydroxyl groups excluding tert-OH is 1. The van der Waals surface area contributed by atoms with Crippen molar-refractivity contribution < 1.29 is 5.11 Å². The molecule has 1 aliphatic carbocycles. The molecule has 0 aliphatic heterocycles. The van der Waals surface area contributed by atoms with Crippen molar-refractivity contribution in [2.75, 3.05) is 0 Å². The van der Waals surface area contributed by atoms with Crippen LogP contribution < -0.4 is 0 Å². The number of rotatable bonds is 3. The van der Waals surface area contributed by atoms with Crippen LogP contribution in [-0.4, -0.2) is 19.6 Å². The highest BCUT2D eigenvalue weighted by Gasteiger charge is 2.27. The maximum Gasteiger partial charge on any atom is 0.122 e. The lowest BCUT2D eigenvalue weighted by Gasteiger charge is -2.14. The van der Waals surface area contributed by atoms with E-state index in [0.29, 0.717) is 6.04 Å². The van der Waals surface area contributed by atoms with E-state index in [9.17, 15) is 5.11 Å². The summed E-state index contributed by atoms with van der Waals surface area (Å²) in [6.45, 7) is 0. The number of para-hydroxylation sites is 1. The Hall–Kier alpha value is -2.20. The molecule has 4 nitrogen and oxygen atoms in total. The highest BCUT2D eigenvalue weighted by molar-refractivity contribution is 5.78. The van der Waals surface area contributed by atoms with E-state index in [2.05, 4.69) is 14.5 Å². The fourth-order valence-corrected chi connectivity index (χ4v) is 2.59. The number of imidazole rings is 1. The molecular formula is C16H15N3O. The summed E-state index contributed by atoms with van der Waals surface area (Å²) < 4.78 is 2.08. The van der Waals surface area contributed by atoms with Gasteiger partial charge in [-0.15, -0.1) is 0 Å². The minimum Gasteiger partial charge on any atom is -0.382 e. The Morgan fingerprint density at radius 2 is 2.05 bits per heavy atom. The van der Waals surface area contributed by atoms with E-state index in [1.54, 1.807) is 12.4 Å². The number of nitrogens with zero attached hydrogens (tertiary/aromatic N) is 3. The van der Waals surface area contributed by atoms with Crippen molar-refractivity contribution in [1.29, 1.82) is 0 Å². The predicted octanol–water partition coefficient (Wildman–Crippen LogP) is 2.85. The Morgan fingerprint density at radius 3 is 2.90 bits per heavy atom. The van der Waals surface area contributed by atoms with Gasteiger partial charge < -0.3 is 9.67 Å². The van der Waals surface area contributed by atoms with E-state index < -0.39 is 6.10 Å². The van der Waals surface area contributed by atoms with E-state index in [-0.39, 0.29) is 0 Å². The summed E-state index contributed by atoms with van der Waals surface area (Å²) in [5.74, 6) is 0. The number of fused-ring (bicyclic) bond motifs is 1. The number of hydrogen-bond acceptors (Lipinski definition) is 3. The molecule has 4 heteroatoms. The van der Waals surface area contributed by atoms with Crippen molar-refractivity contribution in [3.63, 3.8) is 0 Å². The maximum atomic E-state index is 10.6. The SMILES string of the molecule is OC(c1cnc2ccccc2c1)c1cncn1C1CC1. The first-order chi connectivity index (χ1) is 9.83. The topological polar surface area (TPSA) is 50.9 Å². The minimum absolute atomic E-state index is 0.510. The summed E-state index contributed by atoms with van der Waals surface area (Å²) in [4.78, 5) is 8.59. The zero-order valence-electron chi connectivity index (χ0n) is 11.0. The average Bonchev–Trinajstić information content (AvgIpc) is 3.23. The lowest BCUT2D eigenvalue weighted by atomic mass is 10.1. The molecule has 1 fully saturated rings. The molecule has 0 amide bonds. The lowest BCUT2D eigenvalue weighted by molar-refractivity contribution is 0.209. The van der Waals surface area contributed by atoms with Crippen molar-refractivity contribution >= 4 is 10.9 Å². The second kappa shape index (κ2) is 4.42. The van der Waals surface area contributed by atoms with Gasteiger partial charge in [-0.1, -0.05) is 18.2 Å². The zero-order chi connectivity index (χ0) is 13.5. The quantitative estimate of drug-likeness (QED) is 0.792. The Kier molecular flexibility index (Phi) is 2.57. The summed E-state index contributed by atoms with van der Waals surface area (Å²) in [5, 5.41) is 11.6. The van der Waals surface area contributed by atoms with E-state index in [1.807, 2.05) is 36.7 Å². The van der Waals surface area contributed by atoms with Crippen LogP contribution in [0.15, 0.2) is 49.1 Å². The van der Waals surface area contributed by atoms with E-state index in [4.69, 9.17) is 0 Å². The van der Waals surface area contributed by atoms with Gasteiger partial charge in [-0.05, 0) is 25.0 Å². The lowest BCUT2D eigenvalue weighted by Crippen LogP contribution is -2.07. The standard InChI is InChI=1S/C16H15N3O/c20-16(15-9-17-10-19(15)13-5-6-13)12-7-11-3-1-2-4-14(11)18-8-12/h1-4,7-10,13,16,20H,5-6H2. The fourth-order valence-electron chi connectivity index (χ4n) is 2.59. The van der Waals surface area contributed by atoms with E-state index >= 15 is 0 Å². The molecule has 20 heavy (non-hydrogen) atoms. The van der Waals surface area contributed by atoms with Crippen LogP contribution in [-0.2, 0) is 0 Å².